The second-order valence-electron chi connectivity index (χ2n) is 6.76. The van der Waals surface area contributed by atoms with E-state index >= 15 is 0 Å². The molecule has 22 heavy (non-hydrogen) atoms. The number of hydrogen-bond donors (Lipinski definition) is 0. The predicted molar refractivity (Wildman–Crippen MR) is 103 cm³/mol. The van der Waals surface area contributed by atoms with E-state index in [9.17, 15) is 0 Å². The number of fused-ring (bicyclic) bond motifs is 1. The molecule has 116 valence electrons. The molecule has 0 nitrogen and oxygen atoms in total. The van der Waals surface area contributed by atoms with Gasteiger partial charge in [0, 0.05) is 19.2 Å². The molecule has 3 rings (SSSR count). The van der Waals surface area contributed by atoms with E-state index in [1.807, 2.05) is 22.7 Å². The van der Waals surface area contributed by atoms with Gasteiger partial charge in [-0.15, -0.1) is 22.7 Å². The van der Waals surface area contributed by atoms with Crippen molar-refractivity contribution in [3.8, 4) is 10.4 Å². The summed E-state index contributed by atoms with van der Waals surface area (Å²) in [5.74, 6) is 1.14. The number of benzene rings is 1. The van der Waals surface area contributed by atoms with Crippen molar-refractivity contribution in [2.24, 2.45) is 0 Å². The van der Waals surface area contributed by atoms with Gasteiger partial charge in [0.25, 0.3) is 0 Å². The average molecular weight is 329 g/mol. The third-order valence-electron chi connectivity index (χ3n) is 4.32. The van der Waals surface area contributed by atoms with E-state index in [2.05, 4.69) is 65.8 Å². The van der Waals surface area contributed by atoms with Gasteiger partial charge in [-0.25, -0.2) is 0 Å². The Morgan fingerprint density at radius 1 is 0.864 bits per heavy atom. The summed E-state index contributed by atoms with van der Waals surface area (Å²) in [7, 11) is 0. The zero-order valence-corrected chi connectivity index (χ0v) is 15.9. The summed E-state index contributed by atoms with van der Waals surface area (Å²) in [6, 6.07) is 9.41. The molecule has 0 bridgehead atoms. The Labute approximate surface area is 141 Å². The van der Waals surface area contributed by atoms with E-state index in [4.69, 9.17) is 0 Å². The molecule has 2 aromatic heterocycles. The van der Waals surface area contributed by atoms with Crippen LogP contribution in [0.25, 0.3) is 19.8 Å². The van der Waals surface area contributed by atoms with Crippen LogP contribution in [0.15, 0.2) is 24.3 Å². The molecule has 0 spiro atoms. The fourth-order valence-corrected chi connectivity index (χ4v) is 5.55. The van der Waals surface area contributed by atoms with Crippen LogP contribution in [0.3, 0.4) is 0 Å². The number of thiophene rings is 2. The first-order valence-electron chi connectivity index (χ1n) is 8.02. The lowest BCUT2D eigenvalue weighted by Crippen LogP contribution is -1.96. The molecule has 0 atom stereocenters. The van der Waals surface area contributed by atoms with Crippen LogP contribution in [-0.2, 0) is 0 Å². The van der Waals surface area contributed by atoms with Gasteiger partial charge in [0.1, 0.15) is 0 Å². The quantitative estimate of drug-likeness (QED) is 0.467. The van der Waals surface area contributed by atoms with Gasteiger partial charge in [0.2, 0.25) is 0 Å². The molecule has 0 amide bonds. The van der Waals surface area contributed by atoms with E-state index < -0.39 is 0 Å². The molecular weight excluding hydrogens is 304 g/mol. The first kappa shape index (κ1) is 15.8. The monoisotopic (exact) mass is 328 g/mol. The molecule has 2 heterocycles. The van der Waals surface area contributed by atoms with Gasteiger partial charge in [-0.3, -0.25) is 0 Å². The van der Waals surface area contributed by atoms with Crippen molar-refractivity contribution >= 4 is 32.1 Å². The molecule has 0 saturated heterocycles. The zero-order valence-electron chi connectivity index (χ0n) is 14.3. The van der Waals surface area contributed by atoms with Crippen LogP contribution in [0.4, 0.5) is 0 Å². The van der Waals surface area contributed by atoms with Crippen LogP contribution in [-0.4, -0.2) is 0 Å². The molecule has 3 aromatic rings. The SMILES string of the molecule is Cc1cc2sc(-c3ccc(C(C)C)cc3C(C)C)c(C)c2s1. The van der Waals surface area contributed by atoms with Crippen molar-refractivity contribution in [2.45, 2.75) is 53.4 Å². The first-order chi connectivity index (χ1) is 10.4. The molecule has 0 unspecified atom stereocenters. The number of aryl methyl sites for hydroxylation is 2. The fraction of sp³-hybridized carbons (Fsp3) is 0.400. The largest absolute Gasteiger partial charge is 0.139 e. The lowest BCUT2D eigenvalue weighted by Gasteiger charge is -2.16. The van der Waals surface area contributed by atoms with Crippen LogP contribution in [0.5, 0.6) is 0 Å². The third-order valence-corrected chi connectivity index (χ3v) is 6.89. The maximum atomic E-state index is 2.42. The van der Waals surface area contributed by atoms with Crippen molar-refractivity contribution < 1.29 is 0 Å². The Morgan fingerprint density at radius 2 is 1.59 bits per heavy atom. The summed E-state index contributed by atoms with van der Waals surface area (Å²) in [6.07, 6.45) is 0. The van der Waals surface area contributed by atoms with E-state index in [-0.39, 0.29) is 0 Å². The Balaban J connectivity index is 2.20. The average Bonchev–Trinajstić information content (AvgIpc) is 2.96. The lowest BCUT2D eigenvalue weighted by molar-refractivity contribution is 0.836. The third kappa shape index (κ3) is 2.63. The first-order valence-corrected chi connectivity index (χ1v) is 9.65. The van der Waals surface area contributed by atoms with Gasteiger partial charge in [0.15, 0.2) is 0 Å². The minimum Gasteiger partial charge on any atom is -0.139 e. The molecule has 1 aromatic carbocycles. The van der Waals surface area contributed by atoms with Crippen LogP contribution >= 0.6 is 22.7 Å². The predicted octanol–water partition coefficient (Wildman–Crippen LogP) is 7.49. The summed E-state index contributed by atoms with van der Waals surface area (Å²) in [6.45, 7) is 13.6. The van der Waals surface area contributed by atoms with E-state index in [1.54, 1.807) is 0 Å². The molecule has 0 N–H and O–H groups in total. The maximum Gasteiger partial charge on any atom is 0.0489 e. The molecule has 0 radical (unpaired) electrons. The van der Waals surface area contributed by atoms with E-state index in [0.29, 0.717) is 11.8 Å². The van der Waals surface area contributed by atoms with Gasteiger partial charge in [-0.05, 0) is 54.0 Å². The molecule has 0 saturated carbocycles. The van der Waals surface area contributed by atoms with Crippen molar-refractivity contribution in [3.63, 3.8) is 0 Å². The lowest BCUT2D eigenvalue weighted by atomic mass is 9.90. The summed E-state index contributed by atoms with van der Waals surface area (Å²) in [5.41, 5.74) is 5.82. The smallest absolute Gasteiger partial charge is 0.0489 e. The zero-order chi connectivity index (χ0) is 16.0. The van der Waals surface area contributed by atoms with Gasteiger partial charge < -0.3 is 0 Å². The van der Waals surface area contributed by atoms with Crippen molar-refractivity contribution in [2.75, 3.05) is 0 Å². The Morgan fingerprint density at radius 3 is 2.18 bits per heavy atom. The standard InChI is InChI=1S/C20H24S2/c1-11(2)15-7-8-16(17(10-15)12(3)4)19-14(6)20-18(22-19)9-13(5)21-20/h7-12H,1-6H3. The Bertz CT molecular complexity index is 816. The van der Waals surface area contributed by atoms with Crippen molar-refractivity contribution in [1.29, 1.82) is 0 Å². The van der Waals surface area contributed by atoms with E-state index in [1.165, 1.54) is 41.4 Å². The van der Waals surface area contributed by atoms with E-state index in [0.717, 1.165) is 0 Å². The van der Waals surface area contributed by atoms with Gasteiger partial charge >= 0.3 is 0 Å². The maximum absolute atomic E-state index is 2.42. The highest BCUT2D eigenvalue weighted by Crippen LogP contribution is 2.44. The molecule has 0 fully saturated rings. The molecule has 0 aliphatic heterocycles. The molecule has 0 aliphatic carbocycles. The Hall–Kier alpha value is -1.12. The topological polar surface area (TPSA) is 0 Å². The second-order valence-corrected chi connectivity index (χ2v) is 9.07. The van der Waals surface area contributed by atoms with Crippen LogP contribution in [0, 0.1) is 13.8 Å². The minimum atomic E-state index is 0.551. The summed E-state index contributed by atoms with van der Waals surface area (Å²) in [5, 5.41) is 0. The summed E-state index contributed by atoms with van der Waals surface area (Å²) in [4.78, 5) is 2.87. The molecule has 2 heteroatoms. The Kier molecular flexibility index (Phi) is 4.17. The van der Waals surface area contributed by atoms with Crippen molar-refractivity contribution in [3.05, 3.63) is 45.8 Å². The normalized spacial score (nSPS) is 12.0. The second kappa shape index (κ2) is 5.82. The number of hydrogen-bond acceptors (Lipinski definition) is 2. The highest BCUT2D eigenvalue weighted by atomic mass is 32.1. The summed E-state index contributed by atoms with van der Waals surface area (Å²) < 4.78 is 2.91. The van der Waals surface area contributed by atoms with Crippen LogP contribution in [0.2, 0.25) is 0 Å². The summed E-state index contributed by atoms with van der Waals surface area (Å²) >= 11 is 3.88. The molecule has 0 aliphatic rings. The van der Waals surface area contributed by atoms with Crippen LogP contribution < -0.4 is 0 Å². The van der Waals surface area contributed by atoms with Gasteiger partial charge in [-0.1, -0.05) is 45.9 Å². The highest BCUT2D eigenvalue weighted by molar-refractivity contribution is 7.29. The fourth-order valence-electron chi connectivity index (χ4n) is 3.00. The minimum absolute atomic E-state index is 0.551. The van der Waals surface area contributed by atoms with Crippen LogP contribution in [0.1, 0.15) is 61.1 Å². The highest BCUT2D eigenvalue weighted by Gasteiger charge is 2.17. The van der Waals surface area contributed by atoms with Crippen molar-refractivity contribution in [1.82, 2.24) is 0 Å². The molecular formula is C20H24S2. The number of rotatable bonds is 3. The van der Waals surface area contributed by atoms with Gasteiger partial charge in [-0.2, -0.15) is 0 Å². The van der Waals surface area contributed by atoms with Gasteiger partial charge in [0.05, 0.1) is 0 Å².